The van der Waals surface area contributed by atoms with Crippen molar-refractivity contribution in [1.82, 2.24) is 10.2 Å². The van der Waals surface area contributed by atoms with Gasteiger partial charge in [0.2, 0.25) is 0 Å². The first-order valence-corrected chi connectivity index (χ1v) is 8.42. The highest BCUT2D eigenvalue weighted by atomic mass is 32.2. The van der Waals surface area contributed by atoms with Crippen molar-refractivity contribution in [2.45, 2.75) is 46.3 Å². The van der Waals surface area contributed by atoms with Crippen LogP contribution in [0.3, 0.4) is 0 Å². The quantitative estimate of drug-likeness (QED) is 0.898. The summed E-state index contributed by atoms with van der Waals surface area (Å²) in [7, 11) is 0. The molecule has 108 valence electrons. The molecule has 0 amide bonds. The minimum absolute atomic E-state index is 0.497. The van der Waals surface area contributed by atoms with E-state index in [0.29, 0.717) is 6.04 Å². The fraction of sp³-hybridized carbons (Fsp3) is 0.733. The molecule has 0 aromatic carbocycles. The molecule has 0 radical (unpaired) electrons. The summed E-state index contributed by atoms with van der Waals surface area (Å²) >= 11 is 2.08. The van der Waals surface area contributed by atoms with Crippen molar-refractivity contribution in [2.75, 3.05) is 24.6 Å². The minimum atomic E-state index is 0.497. The highest BCUT2D eigenvalue weighted by Crippen LogP contribution is 2.19. The fourth-order valence-corrected chi connectivity index (χ4v) is 3.26. The third-order valence-electron chi connectivity index (χ3n) is 3.46. The van der Waals surface area contributed by atoms with Crippen LogP contribution < -0.4 is 5.32 Å². The van der Waals surface area contributed by atoms with E-state index in [1.807, 2.05) is 0 Å². The summed E-state index contributed by atoms with van der Waals surface area (Å²) in [5.41, 5.74) is 1.35. The first-order chi connectivity index (χ1) is 9.15. The lowest BCUT2D eigenvalue weighted by atomic mass is 10.2. The largest absolute Gasteiger partial charge is 0.465 e. The lowest BCUT2D eigenvalue weighted by Gasteiger charge is -2.18. The van der Waals surface area contributed by atoms with Gasteiger partial charge >= 0.3 is 0 Å². The Morgan fingerprint density at radius 2 is 2.21 bits per heavy atom. The third kappa shape index (κ3) is 4.86. The van der Waals surface area contributed by atoms with E-state index >= 15 is 0 Å². The molecule has 1 aliphatic rings. The molecule has 1 aliphatic heterocycles. The number of thioether (sulfide) groups is 1. The molecule has 2 heterocycles. The molecule has 2 rings (SSSR count). The first-order valence-electron chi connectivity index (χ1n) is 7.27. The van der Waals surface area contributed by atoms with Crippen LogP contribution in [0.4, 0.5) is 0 Å². The molecule has 1 aromatic heterocycles. The molecule has 0 atom stereocenters. The summed E-state index contributed by atoms with van der Waals surface area (Å²) < 4.78 is 5.84. The maximum Gasteiger partial charge on any atom is 0.118 e. The van der Waals surface area contributed by atoms with Crippen LogP contribution in [0.2, 0.25) is 0 Å². The molecular formula is C15H26N2OS. The van der Waals surface area contributed by atoms with Gasteiger partial charge in [-0.25, -0.2) is 0 Å². The summed E-state index contributed by atoms with van der Waals surface area (Å²) in [5.74, 6) is 4.71. The van der Waals surface area contributed by atoms with E-state index in [-0.39, 0.29) is 0 Å². The molecule has 1 fully saturated rings. The monoisotopic (exact) mass is 282 g/mol. The van der Waals surface area contributed by atoms with E-state index in [9.17, 15) is 0 Å². The van der Waals surface area contributed by atoms with Crippen LogP contribution in [-0.4, -0.2) is 35.5 Å². The molecule has 1 saturated heterocycles. The number of rotatable bonds is 5. The summed E-state index contributed by atoms with van der Waals surface area (Å²) in [6.07, 6.45) is 1.31. The van der Waals surface area contributed by atoms with Crippen LogP contribution in [-0.2, 0) is 13.1 Å². The molecule has 1 N–H and O–H groups in total. The number of nitrogens with zero attached hydrogens (tertiary/aromatic N) is 1. The van der Waals surface area contributed by atoms with Crippen molar-refractivity contribution in [3.63, 3.8) is 0 Å². The van der Waals surface area contributed by atoms with Crippen LogP contribution in [0.15, 0.2) is 10.5 Å². The standard InChI is InChI=1S/C15H26N2OS/c1-12(2)16-10-15-9-14(13(3)18-15)11-17-5-4-7-19-8-6-17/h9,12,16H,4-8,10-11H2,1-3H3. The SMILES string of the molecule is Cc1oc(CNC(C)C)cc1CN1CCCSCC1. The van der Waals surface area contributed by atoms with Gasteiger partial charge in [0, 0.05) is 30.4 Å². The van der Waals surface area contributed by atoms with Crippen LogP contribution in [0, 0.1) is 6.92 Å². The first kappa shape index (κ1) is 14.9. The number of aryl methyl sites for hydroxylation is 1. The Balaban J connectivity index is 1.91. The van der Waals surface area contributed by atoms with E-state index in [1.54, 1.807) is 0 Å². The molecule has 4 heteroatoms. The Morgan fingerprint density at radius 3 is 3.00 bits per heavy atom. The molecular weight excluding hydrogens is 256 g/mol. The second-order valence-corrected chi connectivity index (χ2v) is 6.80. The number of furan rings is 1. The molecule has 3 nitrogen and oxygen atoms in total. The zero-order valence-electron chi connectivity index (χ0n) is 12.4. The Hall–Kier alpha value is -0.450. The van der Waals surface area contributed by atoms with Gasteiger partial charge in [-0.05, 0) is 31.7 Å². The summed E-state index contributed by atoms with van der Waals surface area (Å²) in [5, 5.41) is 3.41. The second kappa shape index (κ2) is 7.36. The minimum Gasteiger partial charge on any atom is -0.465 e. The molecule has 1 aromatic rings. The summed E-state index contributed by atoms with van der Waals surface area (Å²) in [6.45, 7) is 10.7. The zero-order valence-corrected chi connectivity index (χ0v) is 13.2. The zero-order chi connectivity index (χ0) is 13.7. The highest BCUT2D eigenvalue weighted by molar-refractivity contribution is 7.99. The van der Waals surface area contributed by atoms with Crippen molar-refractivity contribution >= 4 is 11.8 Å². The molecule has 0 spiro atoms. The van der Waals surface area contributed by atoms with Gasteiger partial charge in [0.05, 0.1) is 6.54 Å². The highest BCUT2D eigenvalue weighted by Gasteiger charge is 2.14. The number of nitrogens with one attached hydrogen (secondary N) is 1. The number of hydrogen-bond donors (Lipinski definition) is 1. The van der Waals surface area contributed by atoms with Crippen LogP contribution in [0.5, 0.6) is 0 Å². The van der Waals surface area contributed by atoms with Crippen LogP contribution in [0.1, 0.15) is 37.4 Å². The molecule has 0 unspecified atom stereocenters. The van der Waals surface area contributed by atoms with E-state index in [1.165, 1.54) is 36.6 Å². The Kier molecular flexibility index (Phi) is 5.79. The second-order valence-electron chi connectivity index (χ2n) is 5.57. The topological polar surface area (TPSA) is 28.4 Å². The molecule has 0 aliphatic carbocycles. The maximum atomic E-state index is 5.84. The van der Waals surface area contributed by atoms with Gasteiger partial charge in [-0.15, -0.1) is 0 Å². The Bertz CT molecular complexity index is 381. The maximum absolute atomic E-state index is 5.84. The average molecular weight is 282 g/mol. The van der Waals surface area contributed by atoms with Crippen LogP contribution >= 0.6 is 11.8 Å². The van der Waals surface area contributed by atoms with Crippen molar-refractivity contribution in [3.8, 4) is 0 Å². The van der Waals surface area contributed by atoms with Gasteiger partial charge in [0.15, 0.2) is 0 Å². The third-order valence-corrected chi connectivity index (χ3v) is 4.51. The number of hydrogen-bond acceptors (Lipinski definition) is 4. The van der Waals surface area contributed by atoms with Gasteiger partial charge < -0.3 is 9.73 Å². The summed E-state index contributed by atoms with van der Waals surface area (Å²) in [6, 6.07) is 2.72. The van der Waals surface area contributed by atoms with Crippen molar-refractivity contribution in [2.24, 2.45) is 0 Å². The molecule has 0 saturated carbocycles. The predicted molar refractivity (Wildman–Crippen MR) is 82.6 cm³/mol. The van der Waals surface area contributed by atoms with Gasteiger partial charge in [0.1, 0.15) is 11.5 Å². The van der Waals surface area contributed by atoms with Crippen molar-refractivity contribution in [1.29, 1.82) is 0 Å². The Morgan fingerprint density at radius 1 is 1.37 bits per heavy atom. The van der Waals surface area contributed by atoms with Gasteiger partial charge in [-0.3, -0.25) is 4.90 Å². The fourth-order valence-electron chi connectivity index (χ4n) is 2.33. The average Bonchev–Trinajstić information content (AvgIpc) is 2.57. The molecule has 19 heavy (non-hydrogen) atoms. The van der Waals surface area contributed by atoms with Gasteiger partial charge in [-0.2, -0.15) is 11.8 Å². The van der Waals surface area contributed by atoms with E-state index in [2.05, 4.69) is 48.8 Å². The lowest BCUT2D eigenvalue weighted by molar-refractivity contribution is 0.285. The summed E-state index contributed by atoms with van der Waals surface area (Å²) in [4.78, 5) is 2.55. The molecule has 0 bridgehead atoms. The predicted octanol–water partition coefficient (Wildman–Crippen LogP) is 3.02. The Labute approximate surface area is 121 Å². The van der Waals surface area contributed by atoms with E-state index in [0.717, 1.165) is 24.6 Å². The normalized spacial score (nSPS) is 17.9. The van der Waals surface area contributed by atoms with E-state index < -0.39 is 0 Å². The lowest BCUT2D eigenvalue weighted by Crippen LogP contribution is -2.25. The smallest absolute Gasteiger partial charge is 0.118 e. The van der Waals surface area contributed by atoms with Crippen molar-refractivity contribution in [3.05, 3.63) is 23.2 Å². The van der Waals surface area contributed by atoms with Gasteiger partial charge in [-0.1, -0.05) is 13.8 Å². The van der Waals surface area contributed by atoms with E-state index in [4.69, 9.17) is 4.42 Å². The van der Waals surface area contributed by atoms with Gasteiger partial charge in [0.25, 0.3) is 0 Å². The van der Waals surface area contributed by atoms with Crippen LogP contribution in [0.25, 0.3) is 0 Å². The van der Waals surface area contributed by atoms with Crippen molar-refractivity contribution < 1.29 is 4.42 Å².